The Morgan fingerprint density at radius 1 is 1.42 bits per heavy atom. The van der Waals surface area contributed by atoms with Crippen molar-refractivity contribution in [3.63, 3.8) is 0 Å². The van der Waals surface area contributed by atoms with Crippen LogP contribution in [0.25, 0.3) is 0 Å². The van der Waals surface area contributed by atoms with Gasteiger partial charge in [-0.1, -0.05) is 18.2 Å². The standard InChI is InChI=1S/C17H17N3O4/c1-12(11-23-2)24-15-8-16(19-10-13(15)9-18)20(17(21)22)14-6-4-3-5-7-14/h3-8,10,12H,11H2,1-2H3,(H,21,22)/t12-/m1/s1. The van der Waals surface area contributed by atoms with Gasteiger partial charge in [-0.2, -0.15) is 5.26 Å². The van der Waals surface area contributed by atoms with E-state index in [9.17, 15) is 15.2 Å². The SMILES string of the molecule is COC[C@@H](C)Oc1cc(N(C(=O)O)c2ccccc2)ncc1C#N. The maximum Gasteiger partial charge on any atom is 0.417 e. The van der Waals surface area contributed by atoms with Crippen LogP contribution in [0.3, 0.4) is 0 Å². The smallest absolute Gasteiger partial charge is 0.417 e. The molecular weight excluding hydrogens is 310 g/mol. The van der Waals surface area contributed by atoms with Crippen molar-refractivity contribution in [3.05, 3.63) is 48.2 Å². The number of methoxy groups -OCH3 is 1. The number of hydrogen-bond acceptors (Lipinski definition) is 5. The van der Waals surface area contributed by atoms with E-state index >= 15 is 0 Å². The van der Waals surface area contributed by atoms with Gasteiger partial charge in [0.15, 0.2) is 0 Å². The zero-order valence-corrected chi connectivity index (χ0v) is 13.3. The molecule has 0 fully saturated rings. The van der Waals surface area contributed by atoms with E-state index in [0.29, 0.717) is 12.3 Å². The molecule has 1 aromatic heterocycles. The van der Waals surface area contributed by atoms with Crippen LogP contribution in [0.4, 0.5) is 16.3 Å². The van der Waals surface area contributed by atoms with Gasteiger partial charge in [0.25, 0.3) is 0 Å². The first kappa shape index (κ1) is 17.2. The molecule has 0 saturated heterocycles. The van der Waals surface area contributed by atoms with Crippen molar-refractivity contribution in [2.75, 3.05) is 18.6 Å². The van der Waals surface area contributed by atoms with Gasteiger partial charge in [-0.3, -0.25) is 0 Å². The summed E-state index contributed by atoms with van der Waals surface area (Å²) < 4.78 is 10.7. The van der Waals surface area contributed by atoms with Crippen molar-refractivity contribution in [3.8, 4) is 11.8 Å². The van der Waals surface area contributed by atoms with Crippen molar-refractivity contribution in [2.45, 2.75) is 13.0 Å². The zero-order valence-electron chi connectivity index (χ0n) is 13.3. The second kappa shape index (κ2) is 7.94. The van der Waals surface area contributed by atoms with Crippen LogP contribution in [0, 0.1) is 11.3 Å². The predicted octanol–water partition coefficient (Wildman–Crippen LogP) is 3.18. The molecule has 1 N–H and O–H groups in total. The summed E-state index contributed by atoms with van der Waals surface area (Å²) in [5.74, 6) is 0.404. The Bertz CT molecular complexity index is 743. The molecule has 0 aliphatic rings. The van der Waals surface area contributed by atoms with Crippen LogP contribution in [0.15, 0.2) is 42.6 Å². The molecule has 0 aliphatic heterocycles. The molecule has 0 saturated carbocycles. The fraction of sp³-hybridized carbons (Fsp3) is 0.235. The third-order valence-electron chi connectivity index (χ3n) is 3.14. The minimum atomic E-state index is -1.19. The Morgan fingerprint density at radius 2 is 2.12 bits per heavy atom. The number of amides is 1. The number of pyridine rings is 1. The highest BCUT2D eigenvalue weighted by Crippen LogP contribution is 2.29. The molecular formula is C17H17N3O4. The molecule has 124 valence electrons. The summed E-state index contributed by atoms with van der Waals surface area (Å²) in [7, 11) is 1.55. The average molecular weight is 327 g/mol. The number of rotatable bonds is 6. The highest BCUT2D eigenvalue weighted by Gasteiger charge is 2.20. The van der Waals surface area contributed by atoms with Gasteiger partial charge >= 0.3 is 6.09 Å². The fourth-order valence-corrected chi connectivity index (χ4v) is 2.13. The monoisotopic (exact) mass is 327 g/mol. The largest absolute Gasteiger partial charge is 0.487 e. The number of carboxylic acid groups (broad SMARTS) is 1. The average Bonchev–Trinajstić information content (AvgIpc) is 2.56. The molecule has 24 heavy (non-hydrogen) atoms. The van der Waals surface area contributed by atoms with Crippen LogP contribution in [-0.4, -0.2) is 36.0 Å². The minimum absolute atomic E-state index is 0.146. The van der Waals surface area contributed by atoms with Gasteiger partial charge in [0.1, 0.15) is 29.3 Å². The Labute approximate surface area is 139 Å². The van der Waals surface area contributed by atoms with Crippen LogP contribution in [-0.2, 0) is 4.74 Å². The van der Waals surface area contributed by atoms with Crippen LogP contribution in [0.2, 0.25) is 0 Å². The quantitative estimate of drug-likeness (QED) is 0.875. The van der Waals surface area contributed by atoms with Crippen molar-refractivity contribution >= 4 is 17.6 Å². The number of ether oxygens (including phenoxy) is 2. The van der Waals surface area contributed by atoms with Gasteiger partial charge < -0.3 is 14.6 Å². The number of para-hydroxylation sites is 1. The minimum Gasteiger partial charge on any atom is -0.487 e. The Balaban J connectivity index is 2.42. The van der Waals surface area contributed by atoms with Crippen molar-refractivity contribution < 1.29 is 19.4 Å². The normalized spacial score (nSPS) is 11.4. The Morgan fingerprint density at radius 3 is 2.71 bits per heavy atom. The van der Waals surface area contributed by atoms with E-state index in [2.05, 4.69) is 4.98 Å². The Kier molecular flexibility index (Phi) is 5.71. The lowest BCUT2D eigenvalue weighted by atomic mass is 10.2. The lowest BCUT2D eigenvalue weighted by Crippen LogP contribution is -2.25. The highest BCUT2D eigenvalue weighted by atomic mass is 16.5. The number of carbonyl (C=O) groups is 1. The van der Waals surface area contributed by atoms with Gasteiger partial charge in [0.05, 0.1) is 18.5 Å². The van der Waals surface area contributed by atoms with Gasteiger partial charge in [0, 0.05) is 13.2 Å². The van der Waals surface area contributed by atoms with E-state index in [1.54, 1.807) is 44.4 Å². The molecule has 2 aromatic rings. The summed E-state index contributed by atoms with van der Waals surface area (Å²) in [6.45, 7) is 2.13. The molecule has 0 radical (unpaired) electrons. The third-order valence-corrected chi connectivity index (χ3v) is 3.14. The molecule has 1 atom stereocenters. The summed E-state index contributed by atoms with van der Waals surface area (Å²) in [5, 5.41) is 18.7. The maximum atomic E-state index is 11.7. The number of nitriles is 1. The summed E-state index contributed by atoms with van der Waals surface area (Å²) in [6, 6.07) is 12.0. The summed E-state index contributed by atoms with van der Waals surface area (Å²) in [4.78, 5) is 16.7. The summed E-state index contributed by atoms with van der Waals surface area (Å²) in [6.07, 6.45) is -0.190. The molecule has 1 amide bonds. The summed E-state index contributed by atoms with van der Waals surface area (Å²) in [5.41, 5.74) is 0.665. The Hall–Kier alpha value is -3.11. The maximum absolute atomic E-state index is 11.7. The molecule has 1 heterocycles. The van der Waals surface area contributed by atoms with Crippen LogP contribution in [0.5, 0.6) is 5.75 Å². The van der Waals surface area contributed by atoms with Crippen LogP contribution in [0.1, 0.15) is 12.5 Å². The van der Waals surface area contributed by atoms with E-state index in [1.807, 2.05) is 6.07 Å². The lowest BCUT2D eigenvalue weighted by Gasteiger charge is -2.20. The fourth-order valence-electron chi connectivity index (χ4n) is 2.13. The van der Waals surface area contributed by atoms with E-state index in [-0.39, 0.29) is 23.2 Å². The van der Waals surface area contributed by atoms with E-state index in [0.717, 1.165) is 4.90 Å². The third kappa shape index (κ3) is 4.00. The molecule has 7 nitrogen and oxygen atoms in total. The molecule has 2 rings (SSSR count). The van der Waals surface area contributed by atoms with Gasteiger partial charge in [-0.05, 0) is 19.1 Å². The first-order valence-electron chi connectivity index (χ1n) is 7.20. The second-order valence-electron chi connectivity index (χ2n) is 4.99. The highest BCUT2D eigenvalue weighted by molar-refractivity contribution is 5.93. The predicted molar refractivity (Wildman–Crippen MR) is 87.5 cm³/mol. The number of hydrogen-bond donors (Lipinski definition) is 1. The molecule has 0 spiro atoms. The first-order chi connectivity index (χ1) is 11.6. The number of anilines is 2. The molecule has 0 bridgehead atoms. The number of nitrogens with zero attached hydrogens (tertiary/aromatic N) is 3. The van der Waals surface area contributed by atoms with Crippen molar-refractivity contribution in [1.29, 1.82) is 5.26 Å². The zero-order chi connectivity index (χ0) is 17.5. The van der Waals surface area contributed by atoms with E-state index in [4.69, 9.17) is 9.47 Å². The van der Waals surface area contributed by atoms with Crippen LogP contribution >= 0.6 is 0 Å². The molecule has 1 aromatic carbocycles. The van der Waals surface area contributed by atoms with E-state index < -0.39 is 6.09 Å². The van der Waals surface area contributed by atoms with Gasteiger partial charge in [-0.15, -0.1) is 0 Å². The van der Waals surface area contributed by atoms with Crippen molar-refractivity contribution in [1.82, 2.24) is 4.98 Å². The molecule has 0 unspecified atom stereocenters. The number of benzene rings is 1. The van der Waals surface area contributed by atoms with Crippen molar-refractivity contribution in [2.24, 2.45) is 0 Å². The van der Waals surface area contributed by atoms with Gasteiger partial charge in [0.2, 0.25) is 0 Å². The second-order valence-corrected chi connectivity index (χ2v) is 4.99. The topological polar surface area (TPSA) is 95.7 Å². The number of aromatic nitrogens is 1. The first-order valence-corrected chi connectivity index (χ1v) is 7.20. The lowest BCUT2D eigenvalue weighted by molar-refractivity contribution is 0.0918. The summed E-state index contributed by atoms with van der Waals surface area (Å²) >= 11 is 0. The molecule has 0 aliphatic carbocycles. The van der Waals surface area contributed by atoms with Gasteiger partial charge in [-0.25, -0.2) is 14.7 Å². The molecule has 7 heteroatoms. The van der Waals surface area contributed by atoms with Crippen LogP contribution < -0.4 is 9.64 Å². The van der Waals surface area contributed by atoms with E-state index in [1.165, 1.54) is 12.3 Å².